The molecule has 5 aromatic carbocycles. The van der Waals surface area contributed by atoms with Crippen molar-refractivity contribution < 1.29 is 50.0 Å². The number of aryl methyl sites for hydroxylation is 4. The summed E-state index contributed by atoms with van der Waals surface area (Å²) in [6, 6.07) is 38.6. The predicted octanol–water partition coefficient (Wildman–Crippen LogP) is 12.8. The average molecular weight is 869 g/mol. The van der Waals surface area contributed by atoms with Gasteiger partial charge in [0.25, 0.3) is 0 Å². The van der Waals surface area contributed by atoms with Crippen molar-refractivity contribution in [3.8, 4) is 40.2 Å². The van der Waals surface area contributed by atoms with Crippen LogP contribution in [0.15, 0.2) is 144 Å². The highest BCUT2D eigenvalue weighted by molar-refractivity contribution is 5.44. The summed E-state index contributed by atoms with van der Waals surface area (Å²) in [5, 5.41) is 0. The topological polar surface area (TPSA) is 91.9 Å². The first-order chi connectivity index (χ1) is 29.9. The summed E-state index contributed by atoms with van der Waals surface area (Å²) in [6.45, 7) is 8.09. The quantitative estimate of drug-likeness (QED) is 0.115. The van der Waals surface area contributed by atoms with Crippen LogP contribution in [0.25, 0.3) is 0 Å². The van der Waals surface area contributed by atoms with Gasteiger partial charge in [0.15, 0.2) is 5.43 Å². The zero-order valence-corrected chi connectivity index (χ0v) is 34.6. The van der Waals surface area contributed by atoms with E-state index in [2.05, 4.69) is 19.4 Å². The van der Waals surface area contributed by atoms with Crippen LogP contribution in [0.4, 0.5) is 26.3 Å². The van der Waals surface area contributed by atoms with Crippen molar-refractivity contribution in [2.75, 3.05) is 0 Å². The first kappa shape index (κ1) is 45.3. The third kappa shape index (κ3) is 14.2. The lowest BCUT2D eigenvalue weighted by atomic mass is 10.0. The molecular weight excluding hydrogens is 827 g/mol. The maximum absolute atomic E-state index is 12.3. The standard InChI is InChI=1S/C28H24F3NO3.C21H18F3NO3/c1-19-16-27(33-18-22-6-4-3-5-7-22)26(20(2)32-19)17-21-8-10-23(11-9-21)34-24-12-14-25(15-13-24)35-28(29,30)31;1-13-11-20(26)19(14(2)25-13)12-15-3-5-16(6-4-15)27-17-7-9-18(10-8-17)28-21(22,23)24/h3-16H,17-18H2,1-2H3;3-11H,12H2,1-2H3,(H,25,26). The second kappa shape index (κ2) is 20.1. The normalized spacial score (nSPS) is 11.3. The summed E-state index contributed by atoms with van der Waals surface area (Å²) in [5.74, 6) is 2.08. The number of nitrogens with one attached hydrogen (secondary N) is 1. The van der Waals surface area contributed by atoms with Crippen LogP contribution in [0.1, 0.15) is 50.6 Å². The molecule has 7 aromatic rings. The number of aromatic nitrogens is 2. The molecule has 0 fully saturated rings. The second-order valence-corrected chi connectivity index (χ2v) is 14.4. The van der Waals surface area contributed by atoms with Gasteiger partial charge in [0, 0.05) is 58.9 Å². The van der Waals surface area contributed by atoms with Gasteiger partial charge in [0.2, 0.25) is 0 Å². The highest BCUT2D eigenvalue weighted by Crippen LogP contribution is 2.31. The molecule has 0 spiro atoms. The van der Waals surface area contributed by atoms with Crippen LogP contribution in [0.3, 0.4) is 0 Å². The van der Waals surface area contributed by atoms with Gasteiger partial charge in [-0.2, -0.15) is 0 Å². The van der Waals surface area contributed by atoms with Gasteiger partial charge in [-0.3, -0.25) is 9.78 Å². The number of alkyl halides is 6. The highest BCUT2D eigenvalue weighted by atomic mass is 19.4. The molecule has 8 nitrogen and oxygen atoms in total. The minimum atomic E-state index is -4.73. The lowest BCUT2D eigenvalue weighted by Gasteiger charge is -2.15. The molecule has 0 amide bonds. The maximum Gasteiger partial charge on any atom is 0.573 e. The predicted molar refractivity (Wildman–Crippen MR) is 226 cm³/mol. The van der Waals surface area contributed by atoms with E-state index in [1.54, 1.807) is 18.2 Å². The van der Waals surface area contributed by atoms with E-state index in [9.17, 15) is 31.1 Å². The van der Waals surface area contributed by atoms with Gasteiger partial charge in [0.1, 0.15) is 46.9 Å². The molecule has 2 heterocycles. The van der Waals surface area contributed by atoms with Crippen molar-refractivity contribution in [3.05, 3.63) is 200 Å². The van der Waals surface area contributed by atoms with Crippen molar-refractivity contribution in [2.45, 2.75) is 59.9 Å². The molecule has 0 saturated carbocycles. The third-order valence-electron chi connectivity index (χ3n) is 9.33. The molecule has 0 aliphatic rings. The Hall–Kier alpha value is -7.22. The molecule has 0 radical (unpaired) electrons. The number of benzene rings is 5. The lowest BCUT2D eigenvalue weighted by molar-refractivity contribution is -0.275. The van der Waals surface area contributed by atoms with Crippen molar-refractivity contribution >= 4 is 0 Å². The molecule has 0 unspecified atom stereocenters. The number of ether oxygens (including phenoxy) is 5. The minimum Gasteiger partial charge on any atom is -0.488 e. The number of aromatic amines is 1. The SMILES string of the molecule is Cc1cc(=O)c(Cc2ccc(Oc3ccc(OC(F)(F)F)cc3)cc2)c(C)[nH]1.Cc1cc(OCc2ccccc2)c(Cc2ccc(Oc3ccc(OC(F)(F)F)cc3)cc2)c(C)n1. The Morgan fingerprint density at radius 1 is 0.524 bits per heavy atom. The molecule has 0 saturated heterocycles. The molecule has 0 aliphatic carbocycles. The summed E-state index contributed by atoms with van der Waals surface area (Å²) in [6.07, 6.45) is -8.33. The highest BCUT2D eigenvalue weighted by Gasteiger charge is 2.31. The Morgan fingerprint density at radius 2 is 0.952 bits per heavy atom. The van der Waals surface area contributed by atoms with E-state index < -0.39 is 12.7 Å². The largest absolute Gasteiger partial charge is 0.573 e. The van der Waals surface area contributed by atoms with Crippen LogP contribution < -0.4 is 29.1 Å². The molecule has 326 valence electrons. The van der Waals surface area contributed by atoms with E-state index in [1.165, 1.54) is 48.5 Å². The summed E-state index contributed by atoms with van der Waals surface area (Å²) < 4.78 is 98.7. The molecule has 1 N–H and O–H groups in total. The Bertz CT molecular complexity index is 2630. The Morgan fingerprint density at radius 3 is 1.40 bits per heavy atom. The fourth-order valence-corrected chi connectivity index (χ4v) is 6.44. The number of H-pyrrole nitrogens is 1. The smallest absolute Gasteiger partial charge is 0.488 e. The Kier molecular flexibility index (Phi) is 14.5. The summed E-state index contributed by atoms with van der Waals surface area (Å²) in [7, 11) is 0. The zero-order chi connectivity index (χ0) is 45.1. The fourth-order valence-electron chi connectivity index (χ4n) is 6.44. The van der Waals surface area contributed by atoms with Crippen molar-refractivity contribution in [3.63, 3.8) is 0 Å². The van der Waals surface area contributed by atoms with Gasteiger partial charge in [-0.05, 0) is 117 Å². The van der Waals surface area contributed by atoms with E-state index in [0.717, 1.165) is 50.8 Å². The first-order valence-electron chi connectivity index (χ1n) is 19.5. The number of hydrogen-bond donors (Lipinski definition) is 1. The van der Waals surface area contributed by atoms with Crippen LogP contribution in [-0.2, 0) is 19.4 Å². The van der Waals surface area contributed by atoms with Crippen LogP contribution in [-0.4, -0.2) is 22.7 Å². The minimum absolute atomic E-state index is 0.00441. The third-order valence-corrected chi connectivity index (χ3v) is 9.33. The number of halogens is 6. The fraction of sp³-hybridized carbons (Fsp3) is 0.184. The van der Waals surface area contributed by atoms with E-state index in [1.807, 2.05) is 100 Å². The molecule has 0 bridgehead atoms. The molecule has 0 aliphatic heterocycles. The molecular formula is C49H42F6N2O6. The number of pyridine rings is 2. The summed E-state index contributed by atoms with van der Waals surface area (Å²) in [4.78, 5) is 19.9. The zero-order valence-electron chi connectivity index (χ0n) is 34.6. The Balaban J connectivity index is 0.000000215. The van der Waals surface area contributed by atoms with Gasteiger partial charge in [0.05, 0.1) is 0 Å². The van der Waals surface area contributed by atoms with E-state index >= 15 is 0 Å². The summed E-state index contributed by atoms with van der Waals surface area (Å²) in [5.41, 5.74) is 8.26. The second-order valence-electron chi connectivity index (χ2n) is 14.4. The number of nitrogens with zero attached hydrogens (tertiary/aromatic N) is 1. The number of rotatable bonds is 13. The molecule has 0 atom stereocenters. The average Bonchev–Trinajstić information content (AvgIpc) is 3.22. The lowest BCUT2D eigenvalue weighted by Crippen LogP contribution is -2.16. The van der Waals surface area contributed by atoms with Gasteiger partial charge < -0.3 is 28.7 Å². The van der Waals surface area contributed by atoms with E-state index in [4.69, 9.17) is 14.2 Å². The van der Waals surface area contributed by atoms with Crippen LogP contribution in [0.5, 0.6) is 40.2 Å². The van der Waals surface area contributed by atoms with E-state index in [-0.39, 0.29) is 16.9 Å². The Labute approximate surface area is 359 Å². The maximum atomic E-state index is 12.3. The van der Waals surface area contributed by atoms with Gasteiger partial charge >= 0.3 is 12.7 Å². The van der Waals surface area contributed by atoms with Crippen LogP contribution >= 0.6 is 0 Å². The van der Waals surface area contributed by atoms with E-state index in [0.29, 0.717) is 48.0 Å². The first-order valence-corrected chi connectivity index (χ1v) is 19.5. The van der Waals surface area contributed by atoms with Crippen molar-refractivity contribution in [1.29, 1.82) is 0 Å². The molecule has 63 heavy (non-hydrogen) atoms. The van der Waals surface area contributed by atoms with Gasteiger partial charge in [-0.25, -0.2) is 0 Å². The van der Waals surface area contributed by atoms with Gasteiger partial charge in [-0.1, -0.05) is 54.6 Å². The summed E-state index contributed by atoms with van der Waals surface area (Å²) >= 11 is 0. The molecule has 14 heteroatoms. The van der Waals surface area contributed by atoms with Gasteiger partial charge in [-0.15, -0.1) is 26.3 Å². The number of hydrogen-bond acceptors (Lipinski definition) is 7. The monoisotopic (exact) mass is 868 g/mol. The van der Waals surface area contributed by atoms with Crippen LogP contribution in [0, 0.1) is 27.7 Å². The van der Waals surface area contributed by atoms with Crippen LogP contribution in [0.2, 0.25) is 0 Å². The van der Waals surface area contributed by atoms with Crippen molar-refractivity contribution in [2.24, 2.45) is 0 Å². The van der Waals surface area contributed by atoms with Crippen molar-refractivity contribution in [1.82, 2.24) is 9.97 Å². The molecule has 7 rings (SSSR count). The molecule has 2 aromatic heterocycles.